The van der Waals surface area contributed by atoms with Gasteiger partial charge in [0, 0.05) is 11.1 Å². The summed E-state index contributed by atoms with van der Waals surface area (Å²) < 4.78 is 0. The number of carbonyl (C=O) groups is 1. The third kappa shape index (κ3) is 2.77. The molecule has 0 unspecified atom stereocenters. The SMILES string of the molecule is O=C(N/N=C\c1ccc2c3c(cccc13)CC2)c1ccc2ccccc2c1. The van der Waals surface area contributed by atoms with Gasteiger partial charge in [0.15, 0.2) is 0 Å². The smallest absolute Gasteiger partial charge is 0.267 e. The molecule has 0 aromatic heterocycles. The van der Waals surface area contributed by atoms with Crippen LogP contribution in [0.15, 0.2) is 77.9 Å². The monoisotopic (exact) mass is 350 g/mol. The number of nitrogens with one attached hydrogen (secondary N) is 1. The van der Waals surface area contributed by atoms with E-state index in [0.29, 0.717) is 5.56 Å². The number of aryl methyl sites for hydroxylation is 2. The summed E-state index contributed by atoms with van der Waals surface area (Å²) in [5, 5.41) is 8.91. The van der Waals surface area contributed by atoms with Crippen molar-refractivity contribution in [3.63, 3.8) is 0 Å². The van der Waals surface area contributed by atoms with Crippen LogP contribution in [0.3, 0.4) is 0 Å². The molecule has 0 aliphatic heterocycles. The Morgan fingerprint density at radius 3 is 2.56 bits per heavy atom. The molecule has 0 heterocycles. The number of amides is 1. The van der Waals surface area contributed by atoms with Crippen molar-refractivity contribution in [1.82, 2.24) is 5.43 Å². The highest BCUT2D eigenvalue weighted by Crippen LogP contribution is 2.32. The average Bonchev–Trinajstić information content (AvgIpc) is 3.14. The molecule has 0 fully saturated rings. The Labute approximate surface area is 157 Å². The third-order valence-corrected chi connectivity index (χ3v) is 5.29. The minimum atomic E-state index is -0.206. The lowest BCUT2D eigenvalue weighted by Gasteiger charge is -2.06. The first-order valence-corrected chi connectivity index (χ1v) is 9.15. The fourth-order valence-electron chi connectivity index (χ4n) is 3.94. The zero-order chi connectivity index (χ0) is 18.2. The maximum absolute atomic E-state index is 12.4. The van der Waals surface area contributed by atoms with Gasteiger partial charge in [0.1, 0.15) is 0 Å². The fraction of sp³-hybridized carbons (Fsp3) is 0.0833. The highest BCUT2D eigenvalue weighted by atomic mass is 16.2. The van der Waals surface area contributed by atoms with Gasteiger partial charge in [-0.1, -0.05) is 60.7 Å². The number of nitrogens with zero attached hydrogens (tertiary/aromatic N) is 1. The van der Waals surface area contributed by atoms with Gasteiger partial charge < -0.3 is 0 Å². The topological polar surface area (TPSA) is 41.5 Å². The third-order valence-electron chi connectivity index (χ3n) is 5.29. The van der Waals surface area contributed by atoms with Gasteiger partial charge in [0.25, 0.3) is 5.91 Å². The van der Waals surface area contributed by atoms with Crippen LogP contribution >= 0.6 is 0 Å². The molecule has 4 aromatic rings. The lowest BCUT2D eigenvalue weighted by molar-refractivity contribution is 0.0955. The van der Waals surface area contributed by atoms with Gasteiger partial charge in [0.05, 0.1) is 6.21 Å². The Morgan fingerprint density at radius 1 is 0.852 bits per heavy atom. The van der Waals surface area contributed by atoms with E-state index in [9.17, 15) is 4.79 Å². The van der Waals surface area contributed by atoms with Crippen LogP contribution in [0.25, 0.3) is 21.5 Å². The second-order valence-electron chi connectivity index (χ2n) is 6.91. The summed E-state index contributed by atoms with van der Waals surface area (Å²) >= 11 is 0. The van der Waals surface area contributed by atoms with Crippen LogP contribution in [0.5, 0.6) is 0 Å². The molecule has 0 spiro atoms. The number of rotatable bonds is 3. The van der Waals surface area contributed by atoms with E-state index in [1.807, 2.05) is 42.5 Å². The van der Waals surface area contributed by atoms with Crippen molar-refractivity contribution in [2.45, 2.75) is 12.8 Å². The van der Waals surface area contributed by atoms with E-state index in [0.717, 1.165) is 29.2 Å². The highest BCUT2D eigenvalue weighted by molar-refractivity contribution is 6.04. The largest absolute Gasteiger partial charge is 0.271 e. The normalized spacial score (nSPS) is 12.9. The first kappa shape index (κ1) is 15.8. The average molecular weight is 350 g/mol. The Kier molecular flexibility index (Phi) is 3.72. The fourth-order valence-corrected chi connectivity index (χ4v) is 3.94. The van der Waals surface area contributed by atoms with Gasteiger partial charge in [-0.2, -0.15) is 5.10 Å². The van der Waals surface area contributed by atoms with E-state index in [1.54, 1.807) is 6.21 Å². The molecule has 0 bridgehead atoms. The Bertz CT molecular complexity index is 1210. The summed E-state index contributed by atoms with van der Waals surface area (Å²) in [5.74, 6) is -0.206. The molecule has 1 amide bonds. The van der Waals surface area contributed by atoms with Crippen LogP contribution in [0.2, 0.25) is 0 Å². The van der Waals surface area contributed by atoms with Crippen LogP contribution in [0.4, 0.5) is 0 Å². The van der Waals surface area contributed by atoms with Crippen molar-refractivity contribution < 1.29 is 4.79 Å². The van der Waals surface area contributed by atoms with Crippen LogP contribution < -0.4 is 5.43 Å². The Balaban J connectivity index is 1.40. The van der Waals surface area contributed by atoms with Crippen molar-refractivity contribution >= 4 is 33.7 Å². The van der Waals surface area contributed by atoms with Gasteiger partial charge in [-0.3, -0.25) is 4.79 Å². The van der Waals surface area contributed by atoms with Crippen LogP contribution in [-0.4, -0.2) is 12.1 Å². The van der Waals surface area contributed by atoms with Crippen LogP contribution in [0, 0.1) is 0 Å². The molecule has 4 aromatic carbocycles. The van der Waals surface area contributed by atoms with E-state index in [-0.39, 0.29) is 5.91 Å². The molecule has 1 N–H and O–H groups in total. The zero-order valence-corrected chi connectivity index (χ0v) is 14.8. The summed E-state index contributed by atoms with van der Waals surface area (Å²) in [6, 6.07) is 24.3. The van der Waals surface area contributed by atoms with E-state index < -0.39 is 0 Å². The second kappa shape index (κ2) is 6.36. The lowest BCUT2D eigenvalue weighted by Crippen LogP contribution is -2.17. The molecule has 0 saturated heterocycles. The van der Waals surface area contributed by atoms with E-state index in [4.69, 9.17) is 0 Å². The molecular weight excluding hydrogens is 332 g/mol. The maximum atomic E-state index is 12.4. The quantitative estimate of drug-likeness (QED) is 0.416. The van der Waals surface area contributed by atoms with E-state index >= 15 is 0 Å². The highest BCUT2D eigenvalue weighted by Gasteiger charge is 2.15. The molecular formula is C24H18N2O. The summed E-state index contributed by atoms with van der Waals surface area (Å²) in [6.07, 6.45) is 3.94. The van der Waals surface area contributed by atoms with Crippen molar-refractivity contribution in [3.8, 4) is 0 Å². The molecule has 3 heteroatoms. The molecule has 27 heavy (non-hydrogen) atoms. The van der Waals surface area contributed by atoms with Crippen molar-refractivity contribution in [2.24, 2.45) is 5.10 Å². The number of fused-ring (bicyclic) bond motifs is 1. The Morgan fingerprint density at radius 2 is 1.67 bits per heavy atom. The van der Waals surface area contributed by atoms with Gasteiger partial charge in [-0.05, 0) is 57.6 Å². The summed E-state index contributed by atoms with van der Waals surface area (Å²) in [7, 11) is 0. The molecule has 0 radical (unpaired) electrons. The molecule has 0 atom stereocenters. The number of hydrazone groups is 1. The van der Waals surface area contributed by atoms with Gasteiger partial charge in [-0.25, -0.2) is 5.43 Å². The first-order valence-electron chi connectivity index (χ1n) is 9.15. The van der Waals surface area contributed by atoms with Gasteiger partial charge in [-0.15, -0.1) is 0 Å². The molecule has 130 valence electrons. The minimum Gasteiger partial charge on any atom is -0.267 e. The van der Waals surface area contributed by atoms with E-state index in [1.165, 1.54) is 21.9 Å². The summed E-state index contributed by atoms with van der Waals surface area (Å²) in [5.41, 5.74) is 7.08. The van der Waals surface area contributed by atoms with Gasteiger partial charge in [0.2, 0.25) is 0 Å². The molecule has 1 aliphatic carbocycles. The standard InChI is InChI=1S/C24H18N2O/c27-24(20-12-8-16-4-1-2-5-19(16)14-20)26-25-15-21-13-11-18-10-9-17-6-3-7-22(21)23(17)18/h1-8,11-15H,9-10H2,(H,26,27)/b25-15-. The Hall–Kier alpha value is -3.46. The number of hydrogen-bond acceptors (Lipinski definition) is 2. The molecule has 5 rings (SSSR count). The van der Waals surface area contributed by atoms with Crippen molar-refractivity contribution in [2.75, 3.05) is 0 Å². The molecule has 0 saturated carbocycles. The number of carbonyl (C=O) groups excluding carboxylic acids is 1. The zero-order valence-electron chi connectivity index (χ0n) is 14.8. The first-order chi connectivity index (χ1) is 13.3. The number of benzene rings is 4. The predicted molar refractivity (Wildman–Crippen MR) is 110 cm³/mol. The number of hydrogen-bond donors (Lipinski definition) is 1. The van der Waals surface area contributed by atoms with Crippen molar-refractivity contribution in [3.05, 3.63) is 95.1 Å². The minimum absolute atomic E-state index is 0.206. The summed E-state index contributed by atoms with van der Waals surface area (Å²) in [6.45, 7) is 0. The van der Waals surface area contributed by atoms with E-state index in [2.05, 4.69) is 40.9 Å². The lowest BCUT2D eigenvalue weighted by atomic mass is 10.0. The van der Waals surface area contributed by atoms with Crippen LogP contribution in [0.1, 0.15) is 27.0 Å². The second-order valence-corrected chi connectivity index (χ2v) is 6.91. The molecule has 1 aliphatic rings. The van der Waals surface area contributed by atoms with Crippen molar-refractivity contribution in [1.29, 1.82) is 0 Å². The van der Waals surface area contributed by atoms with Gasteiger partial charge >= 0.3 is 0 Å². The predicted octanol–water partition coefficient (Wildman–Crippen LogP) is 4.86. The maximum Gasteiger partial charge on any atom is 0.271 e. The van der Waals surface area contributed by atoms with Crippen LogP contribution in [-0.2, 0) is 12.8 Å². The summed E-state index contributed by atoms with van der Waals surface area (Å²) in [4.78, 5) is 12.4. The molecule has 3 nitrogen and oxygen atoms in total.